The maximum Gasteiger partial charge on any atom is 0.0649 e. The molecule has 0 heterocycles. The largest absolute Gasteiger partial charge is 0.0649 e. The smallest absolute Gasteiger partial charge is 0.0626 e. The molecular weight excluding hydrogens is 186 g/mol. The minimum atomic E-state index is -0.784. The Balaban J connectivity index is 0. The third-order valence-corrected chi connectivity index (χ3v) is 10.7. The summed E-state index contributed by atoms with van der Waals surface area (Å²) in [7, 11) is -0.784. The second-order valence-electron chi connectivity index (χ2n) is 5.27. The fourth-order valence-electron chi connectivity index (χ4n) is 3.58. The van der Waals surface area contributed by atoms with Crippen molar-refractivity contribution in [2.75, 3.05) is 0 Å². The van der Waals surface area contributed by atoms with Crippen LogP contribution >= 0.6 is 7.26 Å². The predicted octanol–water partition coefficient (Wildman–Crippen LogP) is 3.19. The van der Waals surface area contributed by atoms with Gasteiger partial charge in [0.1, 0.15) is 0 Å². The Hall–Kier alpha value is 0.495. The van der Waals surface area contributed by atoms with Crippen molar-refractivity contribution in [1.29, 1.82) is 0 Å². The maximum absolute atomic E-state index is 2.42. The summed E-state index contributed by atoms with van der Waals surface area (Å²) < 4.78 is 0. The summed E-state index contributed by atoms with van der Waals surface area (Å²) in [5, 5.41) is 0. The molecule has 0 aromatic carbocycles. The quantitative estimate of drug-likeness (QED) is 0.502. The molecule has 0 aliphatic heterocycles. The zero-order valence-electron chi connectivity index (χ0n) is 10.8. The summed E-state index contributed by atoms with van der Waals surface area (Å²) in [6.07, 6.45) is 0. The van der Waals surface area contributed by atoms with Crippen LogP contribution in [-0.2, 0) is 0 Å². The average molecular weight is 218 g/mol. The fraction of sp³-hybridized carbons (Fsp3) is 1.00. The van der Waals surface area contributed by atoms with Crippen molar-refractivity contribution >= 4 is 15.7 Å². The summed E-state index contributed by atoms with van der Waals surface area (Å²) in [6, 6.07) is 0. The van der Waals surface area contributed by atoms with Crippen molar-refractivity contribution in [3.05, 3.63) is 0 Å². The van der Waals surface area contributed by atoms with Gasteiger partial charge in [-0.05, 0) is 55.4 Å². The van der Waals surface area contributed by atoms with E-state index in [1.165, 1.54) is 0 Å². The van der Waals surface area contributed by atoms with Gasteiger partial charge in [0.25, 0.3) is 0 Å². The molecule has 0 bridgehead atoms. The van der Waals surface area contributed by atoms with Crippen LogP contribution in [0.1, 0.15) is 55.4 Å². The van der Waals surface area contributed by atoms with Crippen molar-refractivity contribution in [2.24, 2.45) is 0 Å². The van der Waals surface area contributed by atoms with Gasteiger partial charge in [-0.3, -0.25) is 0 Å². The van der Waals surface area contributed by atoms with E-state index in [9.17, 15) is 0 Å². The van der Waals surface area contributed by atoms with Gasteiger partial charge in [-0.25, -0.2) is 0 Å². The van der Waals surface area contributed by atoms with Crippen molar-refractivity contribution in [2.45, 2.75) is 78.0 Å². The predicted molar refractivity (Wildman–Crippen MR) is 78.8 cm³/mol. The summed E-state index contributed by atoms with van der Waals surface area (Å²) in [6.45, 7) is 19.4. The molecule has 0 spiro atoms. The molecule has 0 saturated heterocycles. The summed E-state index contributed by atoms with van der Waals surface area (Å²) >= 11 is 0. The first-order valence-corrected chi connectivity index (χ1v) is 7.72. The van der Waals surface area contributed by atoms with E-state index in [2.05, 4.69) is 55.4 Å². The minimum Gasteiger partial charge on any atom is -0.0626 e. The van der Waals surface area contributed by atoms with Crippen LogP contribution in [0.3, 0.4) is 0 Å². The molecule has 0 aliphatic rings. The molecule has 0 N–H and O–H groups in total. The van der Waals surface area contributed by atoms with Crippen LogP contribution in [-0.4, -0.2) is 31.0 Å². The topological polar surface area (TPSA) is 0 Å². The van der Waals surface area contributed by atoms with Gasteiger partial charge in [0.05, 0.1) is 22.6 Å². The molecule has 0 radical (unpaired) electrons. The van der Waals surface area contributed by atoms with Crippen LogP contribution in [0.2, 0.25) is 0 Å². The zero-order valence-corrected chi connectivity index (χ0v) is 11.7. The standard InChI is InChI=1S/C12H28P.BH4/c1-9(2)13(10(3)4,11(5)6)12(7)8;/h9-12H,1-8H3;1H4/q+1;-1. The van der Waals surface area contributed by atoms with E-state index < -0.39 is 7.26 Å². The lowest BCUT2D eigenvalue weighted by Crippen LogP contribution is -2.29. The first kappa shape index (κ1) is 16.9. The van der Waals surface area contributed by atoms with Crippen molar-refractivity contribution in [1.82, 2.24) is 0 Å². The lowest BCUT2D eigenvalue weighted by molar-refractivity contribution is 0.858. The minimum absolute atomic E-state index is 0. The van der Waals surface area contributed by atoms with Crippen molar-refractivity contribution in [3.8, 4) is 0 Å². The molecule has 0 amide bonds. The van der Waals surface area contributed by atoms with E-state index >= 15 is 0 Å². The lowest BCUT2D eigenvalue weighted by atomic mass is 10.5. The molecule has 0 nitrogen and oxygen atoms in total. The highest BCUT2D eigenvalue weighted by Gasteiger charge is 2.49. The van der Waals surface area contributed by atoms with Crippen LogP contribution in [0, 0.1) is 0 Å². The Morgan fingerprint density at radius 3 is 0.643 bits per heavy atom. The molecule has 88 valence electrons. The van der Waals surface area contributed by atoms with E-state index in [0.717, 1.165) is 22.6 Å². The van der Waals surface area contributed by atoms with Gasteiger partial charge in [-0.2, -0.15) is 0 Å². The lowest BCUT2D eigenvalue weighted by Gasteiger charge is -2.41. The third kappa shape index (κ3) is 2.75. The SMILES string of the molecule is CC(C)[P+](C(C)C)(C(C)C)C(C)C.[BH4-]. The Morgan fingerprint density at radius 1 is 0.500 bits per heavy atom. The Kier molecular flexibility index (Phi) is 7.44. The Labute approximate surface area is 94.2 Å². The zero-order chi connectivity index (χ0) is 10.8. The molecule has 2 heteroatoms. The molecule has 0 unspecified atom stereocenters. The van der Waals surface area contributed by atoms with Gasteiger partial charge in [0, 0.05) is 7.26 Å². The maximum atomic E-state index is 2.42. The molecule has 0 aromatic rings. The van der Waals surface area contributed by atoms with Gasteiger partial charge < -0.3 is 0 Å². The van der Waals surface area contributed by atoms with E-state index in [-0.39, 0.29) is 8.41 Å². The van der Waals surface area contributed by atoms with Gasteiger partial charge in [0.2, 0.25) is 0 Å². The monoisotopic (exact) mass is 218 g/mol. The van der Waals surface area contributed by atoms with Crippen molar-refractivity contribution in [3.63, 3.8) is 0 Å². The van der Waals surface area contributed by atoms with E-state index in [1.807, 2.05) is 0 Å². The summed E-state index contributed by atoms with van der Waals surface area (Å²) in [4.78, 5) is 0. The highest BCUT2D eigenvalue weighted by atomic mass is 31.2. The van der Waals surface area contributed by atoms with Crippen LogP contribution < -0.4 is 0 Å². The highest BCUT2D eigenvalue weighted by molar-refractivity contribution is 7.78. The number of hydrogen-bond acceptors (Lipinski definition) is 0. The molecule has 0 atom stereocenters. The Morgan fingerprint density at radius 2 is 0.643 bits per heavy atom. The van der Waals surface area contributed by atoms with E-state index in [4.69, 9.17) is 0 Å². The second-order valence-corrected chi connectivity index (χ2v) is 11.2. The number of hydrogen-bond donors (Lipinski definition) is 0. The first-order chi connectivity index (χ1) is 5.77. The fourth-order valence-corrected chi connectivity index (χ4v) is 10.7. The first-order valence-electron chi connectivity index (χ1n) is 5.65. The highest BCUT2D eigenvalue weighted by Crippen LogP contribution is 2.73. The average Bonchev–Trinajstić information content (AvgIpc) is 1.82. The second kappa shape index (κ2) is 6.16. The van der Waals surface area contributed by atoms with Gasteiger partial charge in [-0.1, -0.05) is 8.41 Å². The van der Waals surface area contributed by atoms with Gasteiger partial charge >= 0.3 is 0 Å². The molecule has 0 saturated carbocycles. The molecule has 0 fully saturated rings. The van der Waals surface area contributed by atoms with Crippen LogP contribution in [0.15, 0.2) is 0 Å². The normalized spacial score (nSPS) is 12.9. The summed E-state index contributed by atoms with van der Waals surface area (Å²) in [5.41, 5.74) is 3.53. The molecule has 0 aromatic heterocycles. The summed E-state index contributed by atoms with van der Waals surface area (Å²) in [5.74, 6) is 0. The molecule has 14 heavy (non-hydrogen) atoms. The van der Waals surface area contributed by atoms with Crippen LogP contribution in [0.4, 0.5) is 0 Å². The molecule has 0 rings (SSSR count). The Bertz CT molecular complexity index is 113. The van der Waals surface area contributed by atoms with Crippen LogP contribution in [0.25, 0.3) is 0 Å². The van der Waals surface area contributed by atoms with E-state index in [1.54, 1.807) is 0 Å². The number of rotatable bonds is 4. The van der Waals surface area contributed by atoms with E-state index in [0.29, 0.717) is 0 Å². The van der Waals surface area contributed by atoms with Crippen LogP contribution in [0.5, 0.6) is 0 Å². The van der Waals surface area contributed by atoms with Gasteiger partial charge in [0.15, 0.2) is 0 Å². The third-order valence-electron chi connectivity index (χ3n) is 3.58. The van der Waals surface area contributed by atoms with Crippen molar-refractivity contribution < 1.29 is 0 Å². The molecule has 0 aliphatic carbocycles. The van der Waals surface area contributed by atoms with Gasteiger partial charge in [-0.15, -0.1) is 0 Å². The molecular formula is C12H32BP.